The van der Waals surface area contributed by atoms with Gasteiger partial charge >= 0.3 is 0 Å². The van der Waals surface area contributed by atoms with Gasteiger partial charge in [0.1, 0.15) is 5.75 Å². The maximum Gasteiger partial charge on any atom is 0.252 e. The van der Waals surface area contributed by atoms with Crippen LogP contribution in [0.1, 0.15) is 29.6 Å². The average Bonchev–Trinajstić information content (AvgIpc) is 2.67. The van der Waals surface area contributed by atoms with E-state index < -0.39 is 5.91 Å². The highest BCUT2D eigenvalue weighted by molar-refractivity contribution is 5.96. The van der Waals surface area contributed by atoms with Crippen LogP contribution in [0.5, 0.6) is 5.75 Å². The molecule has 0 bridgehead atoms. The number of nitrogens with two attached hydrogens (primary N) is 1. The van der Waals surface area contributed by atoms with Crippen molar-refractivity contribution in [2.75, 3.05) is 25.5 Å². The van der Waals surface area contributed by atoms with Crippen LogP contribution in [0.2, 0.25) is 0 Å². The Balaban J connectivity index is 2.09. The maximum absolute atomic E-state index is 11.2. The van der Waals surface area contributed by atoms with Gasteiger partial charge in [-0.15, -0.1) is 0 Å². The summed E-state index contributed by atoms with van der Waals surface area (Å²) in [7, 11) is 1.54. The summed E-state index contributed by atoms with van der Waals surface area (Å²) in [4.78, 5) is 11.2. The summed E-state index contributed by atoms with van der Waals surface area (Å²) in [5.41, 5.74) is 6.68. The normalized spacial score (nSPS) is 19.5. The van der Waals surface area contributed by atoms with Crippen LogP contribution in [0, 0.1) is 0 Å². The minimum absolute atomic E-state index is 0.413. The molecule has 1 amide bonds. The van der Waals surface area contributed by atoms with Crippen LogP contribution in [-0.2, 0) is 0 Å². The van der Waals surface area contributed by atoms with Crippen molar-refractivity contribution in [1.82, 2.24) is 5.32 Å². The van der Waals surface area contributed by atoms with Crippen LogP contribution < -0.4 is 21.1 Å². The van der Waals surface area contributed by atoms with Crippen LogP contribution in [0.15, 0.2) is 18.2 Å². The Morgan fingerprint density at radius 3 is 3.00 bits per heavy atom. The number of hydrogen-bond acceptors (Lipinski definition) is 4. The zero-order valence-electron chi connectivity index (χ0n) is 11.2. The van der Waals surface area contributed by atoms with Gasteiger partial charge in [-0.2, -0.15) is 0 Å². The first-order valence-electron chi connectivity index (χ1n) is 6.66. The van der Waals surface area contributed by atoms with Gasteiger partial charge in [0.05, 0.1) is 12.7 Å². The van der Waals surface area contributed by atoms with E-state index in [9.17, 15) is 4.79 Å². The topological polar surface area (TPSA) is 76.4 Å². The molecule has 5 heteroatoms. The lowest BCUT2D eigenvalue weighted by Crippen LogP contribution is -2.21. The third-order valence-corrected chi connectivity index (χ3v) is 3.41. The number of ether oxygens (including phenoxy) is 1. The minimum Gasteiger partial charge on any atom is -0.496 e. The van der Waals surface area contributed by atoms with Crippen molar-refractivity contribution in [3.8, 4) is 5.75 Å². The van der Waals surface area contributed by atoms with E-state index in [0.29, 0.717) is 17.4 Å². The molecule has 0 aliphatic carbocycles. The summed E-state index contributed by atoms with van der Waals surface area (Å²) in [5, 5.41) is 6.87. The number of primary amides is 1. The van der Waals surface area contributed by atoms with Crippen LogP contribution in [0.3, 0.4) is 0 Å². The Morgan fingerprint density at radius 1 is 1.42 bits per heavy atom. The first kappa shape index (κ1) is 13.7. The molecule has 5 nitrogen and oxygen atoms in total. The molecule has 1 aromatic carbocycles. The van der Waals surface area contributed by atoms with Crippen molar-refractivity contribution >= 4 is 11.6 Å². The molecule has 1 fully saturated rings. The number of methoxy groups -OCH3 is 1. The second kappa shape index (κ2) is 6.43. The van der Waals surface area contributed by atoms with Crippen molar-refractivity contribution in [2.24, 2.45) is 5.73 Å². The molecule has 1 aliphatic rings. The number of nitrogens with one attached hydrogen (secondary N) is 2. The fourth-order valence-electron chi connectivity index (χ4n) is 2.38. The Hall–Kier alpha value is -1.75. The predicted molar refractivity (Wildman–Crippen MR) is 75.6 cm³/mol. The summed E-state index contributed by atoms with van der Waals surface area (Å²) < 4.78 is 5.21. The Bertz CT molecular complexity index is 440. The van der Waals surface area contributed by atoms with Gasteiger partial charge in [-0.1, -0.05) is 0 Å². The molecule has 1 unspecified atom stereocenters. The number of anilines is 1. The standard InChI is InChI=1S/C14H21N3O2/c1-19-13-9-11(4-5-12(13)14(15)18)17-10-3-2-7-16-8-6-10/h4-5,9-10,16-17H,2-3,6-8H2,1H3,(H2,15,18). The number of amides is 1. The second-order valence-electron chi connectivity index (χ2n) is 4.80. The second-order valence-corrected chi connectivity index (χ2v) is 4.80. The molecule has 104 valence electrons. The molecule has 1 atom stereocenters. The molecule has 19 heavy (non-hydrogen) atoms. The largest absolute Gasteiger partial charge is 0.496 e. The molecule has 1 saturated heterocycles. The molecule has 2 rings (SSSR count). The number of carbonyl (C=O) groups is 1. The van der Waals surface area contributed by atoms with Gasteiger partial charge < -0.3 is 21.1 Å². The van der Waals surface area contributed by atoms with Gasteiger partial charge in [0.25, 0.3) is 5.91 Å². The summed E-state index contributed by atoms with van der Waals surface area (Å²) in [5.74, 6) is 0.0475. The smallest absolute Gasteiger partial charge is 0.252 e. The Kier molecular flexibility index (Phi) is 4.63. The van der Waals surface area contributed by atoms with Gasteiger partial charge in [-0.3, -0.25) is 4.79 Å². The van der Waals surface area contributed by atoms with Gasteiger partial charge in [-0.25, -0.2) is 0 Å². The molecule has 1 heterocycles. The monoisotopic (exact) mass is 263 g/mol. The predicted octanol–water partition coefficient (Wildman–Crippen LogP) is 1.35. The number of carbonyl (C=O) groups excluding carboxylic acids is 1. The fourth-order valence-corrected chi connectivity index (χ4v) is 2.38. The van der Waals surface area contributed by atoms with Crippen LogP contribution in [0.4, 0.5) is 5.69 Å². The molecule has 1 aromatic rings. The van der Waals surface area contributed by atoms with Gasteiger partial charge in [0.15, 0.2) is 0 Å². The highest BCUT2D eigenvalue weighted by atomic mass is 16.5. The zero-order valence-corrected chi connectivity index (χ0v) is 11.2. The summed E-state index contributed by atoms with van der Waals surface area (Å²) in [6.45, 7) is 2.12. The maximum atomic E-state index is 11.2. The Labute approximate surface area is 113 Å². The molecule has 0 saturated carbocycles. The van der Waals surface area contributed by atoms with Crippen LogP contribution in [0.25, 0.3) is 0 Å². The van der Waals surface area contributed by atoms with E-state index >= 15 is 0 Å². The molecule has 0 aromatic heterocycles. The molecule has 4 N–H and O–H groups in total. The number of rotatable bonds is 4. The average molecular weight is 263 g/mol. The van der Waals surface area contributed by atoms with E-state index in [2.05, 4.69) is 10.6 Å². The summed E-state index contributed by atoms with van der Waals surface area (Å²) in [6.07, 6.45) is 3.42. The van der Waals surface area contributed by atoms with Gasteiger partial charge in [-0.05, 0) is 44.5 Å². The zero-order chi connectivity index (χ0) is 13.7. The Morgan fingerprint density at radius 2 is 2.26 bits per heavy atom. The SMILES string of the molecule is COc1cc(NC2CCCNCC2)ccc1C(N)=O. The molecule has 0 spiro atoms. The van der Waals surface area contributed by atoms with Crippen molar-refractivity contribution in [3.63, 3.8) is 0 Å². The van der Waals surface area contributed by atoms with E-state index in [1.165, 1.54) is 6.42 Å². The molecule has 0 radical (unpaired) electrons. The van der Waals surface area contributed by atoms with Crippen molar-refractivity contribution in [1.29, 1.82) is 0 Å². The minimum atomic E-state index is -0.470. The van der Waals surface area contributed by atoms with Crippen molar-refractivity contribution < 1.29 is 9.53 Å². The first-order chi connectivity index (χ1) is 9.20. The third-order valence-electron chi connectivity index (χ3n) is 3.41. The fraction of sp³-hybridized carbons (Fsp3) is 0.500. The van der Waals surface area contributed by atoms with Crippen molar-refractivity contribution in [2.45, 2.75) is 25.3 Å². The van der Waals surface area contributed by atoms with E-state index in [1.54, 1.807) is 13.2 Å². The molecule has 1 aliphatic heterocycles. The van der Waals surface area contributed by atoms with E-state index in [4.69, 9.17) is 10.5 Å². The van der Waals surface area contributed by atoms with Crippen molar-refractivity contribution in [3.05, 3.63) is 23.8 Å². The number of hydrogen-bond donors (Lipinski definition) is 3. The van der Waals surface area contributed by atoms with E-state index in [1.807, 2.05) is 12.1 Å². The lowest BCUT2D eigenvalue weighted by Gasteiger charge is -2.18. The molecular weight excluding hydrogens is 242 g/mol. The molecular formula is C14H21N3O2. The third kappa shape index (κ3) is 3.61. The van der Waals surface area contributed by atoms with E-state index in [-0.39, 0.29) is 0 Å². The highest BCUT2D eigenvalue weighted by Crippen LogP contribution is 2.24. The highest BCUT2D eigenvalue weighted by Gasteiger charge is 2.14. The van der Waals surface area contributed by atoms with Crippen LogP contribution >= 0.6 is 0 Å². The van der Waals surface area contributed by atoms with Gasteiger partial charge in [0.2, 0.25) is 0 Å². The quantitative estimate of drug-likeness (QED) is 0.766. The first-order valence-corrected chi connectivity index (χ1v) is 6.66. The van der Waals surface area contributed by atoms with Crippen LogP contribution in [-0.4, -0.2) is 32.1 Å². The summed E-state index contributed by atoms with van der Waals surface area (Å²) >= 11 is 0. The van der Waals surface area contributed by atoms with E-state index in [0.717, 1.165) is 31.6 Å². The lowest BCUT2D eigenvalue weighted by molar-refractivity contribution is 0.0997. The number of benzene rings is 1. The lowest BCUT2D eigenvalue weighted by atomic mass is 10.1. The van der Waals surface area contributed by atoms with Gasteiger partial charge in [0, 0.05) is 17.8 Å². The summed E-state index contributed by atoms with van der Waals surface area (Å²) in [6, 6.07) is 5.87.